The van der Waals surface area contributed by atoms with E-state index in [4.69, 9.17) is 14.0 Å². The molecule has 1 N–H and O–H groups in total. The summed E-state index contributed by atoms with van der Waals surface area (Å²) in [5.41, 5.74) is 0.784. The average Bonchev–Trinajstić information content (AvgIpc) is 3.09. The fourth-order valence-corrected chi connectivity index (χ4v) is 3.97. The van der Waals surface area contributed by atoms with Crippen molar-refractivity contribution in [2.24, 2.45) is 0 Å². The molecule has 0 bridgehead atoms. The van der Waals surface area contributed by atoms with E-state index >= 15 is 0 Å². The minimum absolute atomic E-state index is 0.0194. The Labute approximate surface area is 150 Å². The van der Waals surface area contributed by atoms with Crippen molar-refractivity contribution in [1.29, 1.82) is 0 Å². The molecule has 1 aromatic heterocycles. The molecule has 1 aliphatic rings. The van der Waals surface area contributed by atoms with Crippen LogP contribution >= 0.6 is 0 Å². The van der Waals surface area contributed by atoms with Crippen molar-refractivity contribution < 1.29 is 27.2 Å². The molecule has 9 nitrogen and oxygen atoms in total. The highest BCUT2D eigenvalue weighted by atomic mass is 32.2. The van der Waals surface area contributed by atoms with Crippen molar-refractivity contribution in [3.63, 3.8) is 0 Å². The number of morpholine rings is 1. The molecule has 1 fully saturated rings. The number of hydrogen-bond donors (Lipinski definition) is 1. The lowest BCUT2D eigenvalue weighted by atomic mass is 10.2. The van der Waals surface area contributed by atoms with E-state index in [1.807, 2.05) is 0 Å². The van der Waals surface area contributed by atoms with Crippen LogP contribution in [0.15, 0.2) is 33.7 Å². The topological polar surface area (TPSA) is 111 Å². The number of carbonyl (C=O) groups is 1. The van der Waals surface area contributed by atoms with Gasteiger partial charge in [0, 0.05) is 19.2 Å². The number of methoxy groups -OCH3 is 1. The number of anilines is 1. The minimum atomic E-state index is -3.70. The van der Waals surface area contributed by atoms with Crippen molar-refractivity contribution in [3.05, 3.63) is 35.7 Å². The Morgan fingerprint density at radius 3 is 2.62 bits per heavy atom. The van der Waals surface area contributed by atoms with Crippen molar-refractivity contribution >= 4 is 21.6 Å². The molecule has 1 saturated heterocycles. The largest absolute Gasteiger partial charge is 0.495 e. The molecule has 1 aliphatic heterocycles. The Kier molecular flexibility index (Phi) is 5.25. The molecular weight excluding hydrogens is 362 g/mol. The lowest BCUT2D eigenvalue weighted by molar-refractivity contribution is 0.0730. The van der Waals surface area contributed by atoms with Gasteiger partial charge in [-0.1, -0.05) is 5.16 Å². The van der Waals surface area contributed by atoms with Crippen LogP contribution in [-0.2, 0) is 14.8 Å². The van der Waals surface area contributed by atoms with Crippen LogP contribution in [0.5, 0.6) is 5.75 Å². The highest BCUT2D eigenvalue weighted by Crippen LogP contribution is 2.29. The molecule has 1 aromatic carbocycles. The number of hydrogen-bond acceptors (Lipinski definition) is 7. The highest BCUT2D eigenvalue weighted by Gasteiger charge is 2.27. The standard InChI is InChI=1S/C16H19N3O6S/c1-11-9-15(25-18-11)16(20)17-13-10-12(3-4-14(13)23-2)26(21,22)19-5-7-24-8-6-19/h3-4,9-10H,5-8H2,1-2H3,(H,17,20). The Bertz CT molecular complexity index is 902. The number of sulfonamides is 1. The smallest absolute Gasteiger partial charge is 0.294 e. The molecule has 3 rings (SSSR count). The third-order valence-electron chi connectivity index (χ3n) is 3.88. The predicted octanol–water partition coefficient (Wildman–Crippen LogP) is 1.26. The van der Waals surface area contributed by atoms with Gasteiger partial charge in [0.25, 0.3) is 5.91 Å². The maximum atomic E-state index is 12.8. The van der Waals surface area contributed by atoms with E-state index in [-0.39, 0.29) is 29.4 Å². The lowest BCUT2D eigenvalue weighted by Gasteiger charge is -2.26. The van der Waals surface area contributed by atoms with Crippen molar-refractivity contribution in [2.45, 2.75) is 11.8 Å². The number of rotatable bonds is 5. The second-order valence-corrected chi connectivity index (χ2v) is 7.60. The SMILES string of the molecule is COc1ccc(S(=O)(=O)N2CCOCC2)cc1NC(=O)c1cc(C)no1. The Morgan fingerprint density at radius 1 is 1.27 bits per heavy atom. The van der Waals surface area contributed by atoms with Crippen LogP contribution in [-0.4, -0.2) is 57.2 Å². The summed E-state index contributed by atoms with van der Waals surface area (Å²) >= 11 is 0. The summed E-state index contributed by atoms with van der Waals surface area (Å²) in [4.78, 5) is 12.3. The number of aryl methyl sites for hydroxylation is 1. The lowest BCUT2D eigenvalue weighted by Crippen LogP contribution is -2.40. The highest BCUT2D eigenvalue weighted by molar-refractivity contribution is 7.89. The Hall–Kier alpha value is -2.43. The van der Waals surface area contributed by atoms with Crippen LogP contribution in [0.2, 0.25) is 0 Å². The average molecular weight is 381 g/mol. The number of benzene rings is 1. The summed E-state index contributed by atoms with van der Waals surface area (Å²) in [6, 6.07) is 5.79. The fraction of sp³-hybridized carbons (Fsp3) is 0.375. The van der Waals surface area contributed by atoms with Crippen LogP contribution in [0.25, 0.3) is 0 Å². The van der Waals surface area contributed by atoms with E-state index in [1.165, 1.54) is 35.7 Å². The van der Waals surface area contributed by atoms with Gasteiger partial charge in [0.2, 0.25) is 15.8 Å². The molecule has 0 aliphatic carbocycles. The van der Waals surface area contributed by atoms with Gasteiger partial charge in [-0.15, -0.1) is 0 Å². The molecule has 0 saturated carbocycles. The second kappa shape index (κ2) is 7.44. The fourth-order valence-electron chi connectivity index (χ4n) is 2.54. The van der Waals surface area contributed by atoms with Gasteiger partial charge in [-0.25, -0.2) is 8.42 Å². The summed E-state index contributed by atoms with van der Waals surface area (Å²) < 4.78 is 42.3. The molecule has 140 valence electrons. The van der Waals surface area contributed by atoms with Gasteiger partial charge >= 0.3 is 0 Å². The van der Waals surface area contributed by atoms with Gasteiger partial charge in [-0.05, 0) is 25.1 Å². The van der Waals surface area contributed by atoms with Gasteiger partial charge in [0.05, 0.1) is 36.6 Å². The zero-order valence-corrected chi connectivity index (χ0v) is 15.2. The minimum Gasteiger partial charge on any atom is -0.495 e. The van der Waals surface area contributed by atoms with Crippen molar-refractivity contribution in [1.82, 2.24) is 9.46 Å². The van der Waals surface area contributed by atoms with Gasteiger partial charge in [0.1, 0.15) is 5.75 Å². The number of carbonyl (C=O) groups excluding carboxylic acids is 1. The summed E-state index contributed by atoms with van der Waals surface area (Å²) in [6.07, 6.45) is 0. The van der Waals surface area contributed by atoms with E-state index in [2.05, 4.69) is 10.5 Å². The molecule has 0 spiro atoms. The van der Waals surface area contributed by atoms with E-state index < -0.39 is 15.9 Å². The number of amides is 1. The summed E-state index contributed by atoms with van der Waals surface area (Å²) in [5.74, 6) is -0.202. The maximum absolute atomic E-state index is 12.8. The first-order valence-corrected chi connectivity index (χ1v) is 9.36. The normalized spacial score (nSPS) is 15.6. The molecule has 0 unspecified atom stereocenters. The molecule has 26 heavy (non-hydrogen) atoms. The zero-order valence-electron chi connectivity index (χ0n) is 14.4. The van der Waals surface area contributed by atoms with Crippen molar-refractivity contribution in [2.75, 3.05) is 38.7 Å². The summed E-state index contributed by atoms with van der Waals surface area (Å²) in [6.45, 7) is 2.96. The van der Waals surface area contributed by atoms with Gasteiger partial charge in [-0.3, -0.25) is 4.79 Å². The van der Waals surface area contributed by atoms with E-state index in [0.29, 0.717) is 24.7 Å². The maximum Gasteiger partial charge on any atom is 0.294 e. The third kappa shape index (κ3) is 3.71. The number of nitrogens with zero attached hydrogens (tertiary/aromatic N) is 2. The van der Waals surface area contributed by atoms with Crippen LogP contribution in [0, 0.1) is 6.92 Å². The van der Waals surface area contributed by atoms with Gasteiger partial charge in [-0.2, -0.15) is 4.31 Å². The van der Waals surface area contributed by atoms with E-state index in [0.717, 1.165) is 0 Å². The quantitative estimate of drug-likeness (QED) is 0.830. The van der Waals surface area contributed by atoms with E-state index in [1.54, 1.807) is 6.92 Å². The first kappa shape index (κ1) is 18.4. The first-order chi connectivity index (χ1) is 12.4. The molecule has 2 aromatic rings. The number of ether oxygens (including phenoxy) is 2. The molecule has 0 radical (unpaired) electrons. The van der Waals surface area contributed by atoms with Crippen LogP contribution in [0.4, 0.5) is 5.69 Å². The Morgan fingerprint density at radius 2 is 2.00 bits per heavy atom. The Balaban J connectivity index is 1.90. The monoisotopic (exact) mass is 381 g/mol. The van der Waals surface area contributed by atoms with Gasteiger partial charge < -0.3 is 19.3 Å². The third-order valence-corrected chi connectivity index (χ3v) is 5.77. The number of nitrogens with one attached hydrogen (secondary N) is 1. The van der Waals surface area contributed by atoms with E-state index in [9.17, 15) is 13.2 Å². The predicted molar refractivity (Wildman–Crippen MR) is 91.8 cm³/mol. The van der Waals surface area contributed by atoms with Crippen LogP contribution < -0.4 is 10.1 Å². The second-order valence-electron chi connectivity index (χ2n) is 5.67. The zero-order chi connectivity index (χ0) is 18.7. The molecular formula is C16H19N3O6S. The van der Waals surface area contributed by atoms with Crippen LogP contribution in [0.3, 0.4) is 0 Å². The first-order valence-electron chi connectivity index (χ1n) is 7.92. The molecule has 0 atom stereocenters. The van der Waals surface area contributed by atoms with Crippen molar-refractivity contribution in [3.8, 4) is 5.75 Å². The molecule has 2 heterocycles. The molecule has 10 heteroatoms. The number of aromatic nitrogens is 1. The van der Waals surface area contributed by atoms with Gasteiger partial charge in [0.15, 0.2) is 0 Å². The molecule has 1 amide bonds. The van der Waals surface area contributed by atoms with Crippen LogP contribution in [0.1, 0.15) is 16.2 Å². The summed E-state index contributed by atoms with van der Waals surface area (Å²) in [7, 11) is -2.26. The summed E-state index contributed by atoms with van der Waals surface area (Å²) in [5, 5.41) is 6.26.